The van der Waals surface area contributed by atoms with Crippen molar-refractivity contribution in [3.8, 4) is 11.3 Å². The third kappa shape index (κ3) is 7.07. The third-order valence-corrected chi connectivity index (χ3v) is 3.70. The number of hydrogen-bond donors (Lipinski definition) is 2. The molecule has 2 aromatic carbocycles. The number of hydrogen-bond acceptors (Lipinski definition) is 2. The van der Waals surface area contributed by atoms with E-state index in [9.17, 15) is 17.3 Å². The first-order chi connectivity index (χ1) is 12.8. The van der Waals surface area contributed by atoms with Crippen molar-refractivity contribution in [2.24, 2.45) is 0 Å². The number of halogens is 5. The summed E-state index contributed by atoms with van der Waals surface area (Å²) in [5.74, 6) is 0.780. The molecule has 0 aliphatic heterocycles. The van der Waals surface area contributed by atoms with Crippen LogP contribution in [0, 0.1) is 0 Å². The van der Waals surface area contributed by atoms with Gasteiger partial charge in [0.05, 0.1) is 11.5 Å². The van der Waals surface area contributed by atoms with E-state index in [2.05, 4.69) is 4.99 Å². The lowest BCUT2D eigenvalue weighted by Gasteiger charge is -2.03. The van der Waals surface area contributed by atoms with Crippen LogP contribution in [-0.2, 0) is 0 Å². The molecular weight excluding hydrogens is 384 g/mol. The highest BCUT2D eigenvalue weighted by molar-refractivity contribution is 6.50. The van der Waals surface area contributed by atoms with Gasteiger partial charge < -0.3 is 26.8 Å². The monoisotopic (exact) mass is 401 g/mol. The van der Waals surface area contributed by atoms with E-state index in [1.165, 1.54) is 0 Å². The molecule has 0 saturated carbocycles. The van der Waals surface area contributed by atoms with Crippen LogP contribution in [0.25, 0.3) is 22.3 Å². The summed E-state index contributed by atoms with van der Waals surface area (Å²) in [5, 5.41) is 11.7. The van der Waals surface area contributed by atoms with Crippen LogP contribution in [0.1, 0.15) is 6.42 Å². The average molecular weight is 402 g/mol. The van der Waals surface area contributed by atoms with Crippen molar-refractivity contribution in [3.05, 3.63) is 65.0 Å². The molecule has 2 N–H and O–H groups in total. The van der Waals surface area contributed by atoms with Crippen LogP contribution >= 0.6 is 11.6 Å². The molecule has 0 saturated heterocycles. The van der Waals surface area contributed by atoms with Gasteiger partial charge >= 0.3 is 7.25 Å². The predicted molar refractivity (Wildman–Crippen MR) is 97.5 cm³/mol. The summed E-state index contributed by atoms with van der Waals surface area (Å²) in [7, 11) is -6.00. The summed E-state index contributed by atoms with van der Waals surface area (Å²) >= 11 is 5.94. The van der Waals surface area contributed by atoms with Crippen LogP contribution < -0.4 is 10.3 Å². The summed E-state index contributed by atoms with van der Waals surface area (Å²) in [4.78, 5) is 3.36. The summed E-state index contributed by atoms with van der Waals surface area (Å²) in [6, 6.07) is 17.5. The molecule has 0 aliphatic carbocycles. The first-order valence-electron chi connectivity index (χ1n) is 8.12. The van der Waals surface area contributed by atoms with Gasteiger partial charge in [-0.2, -0.15) is 0 Å². The quantitative estimate of drug-likeness (QED) is 0.400. The van der Waals surface area contributed by atoms with Gasteiger partial charge in [-0.25, -0.2) is 4.99 Å². The Morgan fingerprint density at radius 2 is 1.63 bits per heavy atom. The van der Waals surface area contributed by atoms with Gasteiger partial charge in [0.1, 0.15) is 17.9 Å². The van der Waals surface area contributed by atoms with E-state index in [1.54, 1.807) is 0 Å². The topological polar surface area (TPSA) is 47.3 Å². The summed E-state index contributed by atoms with van der Waals surface area (Å²) in [6.07, 6.45) is 0.705. The van der Waals surface area contributed by atoms with Crippen LogP contribution in [0.3, 0.4) is 0 Å². The minimum Gasteiger partial charge on any atom is -0.456 e. The molecule has 0 aliphatic rings. The first kappa shape index (κ1) is 21.0. The Morgan fingerprint density at radius 1 is 1.00 bits per heavy atom. The van der Waals surface area contributed by atoms with Gasteiger partial charge in [-0.1, -0.05) is 23.7 Å². The molecule has 1 heterocycles. The molecule has 1 aromatic heterocycles. The zero-order valence-corrected chi connectivity index (χ0v) is 14.9. The minimum absolute atomic E-state index is 0.173. The highest BCUT2D eigenvalue weighted by Crippen LogP contribution is 2.23. The maximum absolute atomic E-state index is 9.75. The van der Waals surface area contributed by atoms with Crippen LogP contribution in [0.5, 0.6) is 0 Å². The zero-order chi connectivity index (χ0) is 19.9. The molecule has 144 valence electrons. The number of para-hydroxylation sites is 1. The van der Waals surface area contributed by atoms with E-state index in [1.807, 2.05) is 54.6 Å². The zero-order valence-electron chi connectivity index (χ0n) is 14.1. The molecule has 27 heavy (non-hydrogen) atoms. The highest BCUT2D eigenvalue weighted by atomic mass is 35.5. The van der Waals surface area contributed by atoms with Crippen molar-refractivity contribution in [1.29, 1.82) is 0 Å². The molecular formula is C18H17BClF4NO2. The largest absolute Gasteiger partial charge is 0.673 e. The van der Waals surface area contributed by atoms with Gasteiger partial charge in [0, 0.05) is 23.6 Å². The number of benzene rings is 2. The lowest BCUT2D eigenvalue weighted by molar-refractivity contribution is -0.500. The van der Waals surface area contributed by atoms with E-state index >= 15 is 0 Å². The van der Waals surface area contributed by atoms with Crippen LogP contribution in [0.2, 0.25) is 5.02 Å². The lowest BCUT2D eigenvalue weighted by Crippen LogP contribution is -2.76. The Bertz CT molecular complexity index is 936. The molecule has 3 aromatic rings. The van der Waals surface area contributed by atoms with Crippen molar-refractivity contribution in [2.45, 2.75) is 6.42 Å². The second-order valence-electron chi connectivity index (χ2n) is 5.53. The van der Waals surface area contributed by atoms with Crippen molar-refractivity contribution in [3.63, 3.8) is 0 Å². The molecule has 9 heteroatoms. The maximum Gasteiger partial charge on any atom is 0.673 e. The Balaban J connectivity index is 0.000000465. The maximum atomic E-state index is 9.75. The Labute approximate surface area is 158 Å². The van der Waals surface area contributed by atoms with E-state index < -0.39 is 7.25 Å². The molecule has 0 fully saturated rings. The van der Waals surface area contributed by atoms with Gasteiger partial charge in [0.2, 0.25) is 5.36 Å². The summed E-state index contributed by atoms with van der Waals surface area (Å²) in [6.45, 7) is 0.886. The van der Waals surface area contributed by atoms with Crippen LogP contribution in [0.15, 0.2) is 59.0 Å². The van der Waals surface area contributed by atoms with Gasteiger partial charge in [-0.05, 0) is 36.4 Å². The molecule has 0 radical (unpaired) electrons. The minimum atomic E-state index is -6.00. The van der Waals surface area contributed by atoms with E-state index in [0.717, 1.165) is 27.7 Å². The number of nitrogens with one attached hydrogen (secondary N) is 1. The Hall–Kier alpha value is -2.32. The predicted octanol–water partition coefficient (Wildman–Crippen LogP) is 3.42. The summed E-state index contributed by atoms with van der Waals surface area (Å²) < 4.78 is 45.0. The number of fused-ring (bicyclic) bond motifs is 1. The normalized spacial score (nSPS) is 12.0. The van der Waals surface area contributed by atoms with Gasteiger partial charge in [0.15, 0.2) is 0 Å². The second-order valence-corrected chi connectivity index (χ2v) is 5.96. The fourth-order valence-corrected chi connectivity index (χ4v) is 2.47. The standard InChI is InChI=1S/C18H16ClNO2.BF4/c19-14-8-6-13(7-9-14)18-12-16(20-10-3-11-21)15-4-1-2-5-17(15)22-18;2-1(3,4)5/h1-2,4-9,12,21H,3,10-11H2;/q;-1/p+1. The van der Waals surface area contributed by atoms with Crippen molar-refractivity contribution in [1.82, 2.24) is 0 Å². The smallest absolute Gasteiger partial charge is 0.456 e. The SMILES string of the molecule is F[B-](F)(F)F.OCCC[NH+]=c1cc(-c2ccc(Cl)cc2)oc2ccccc12. The molecule has 0 bridgehead atoms. The number of rotatable bonds is 4. The van der Waals surface area contributed by atoms with Crippen LogP contribution in [-0.4, -0.2) is 25.5 Å². The molecule has 0 unspecified atom stereocenters. The second kappa shape index (κ2) is 9.57. The fourth-order valence-electron chi connectivity index (χ4n) is 2.34. The third-order valence-electron chi connectivity index (χ3n) is 3.45. The Kier molecular flexibility index (Phi) is 7.44. The van der Waals surface area contributed by atoms with E-state index in [0.29, 0.717) is 18.0 Å². The first-order valence-corrected chi connectivity index (χ1v) is 8.49. The Morgan fingerprint density at radius 3 is 2.26 bits per heavy atom. The van der Waals surface area contributed by atoms with E-state index in [-0.39, 0.29) is 6.61 Å². The van der Waals surface area contributed by atoms with Crippen molar-refractivity contribution >= 4 is 29.8 Å². The fraction of sp³-hybridized carbons (Fsp3) is 0.167. The molecule has 3 nitrogen and oxygen atoms in total. The van der Waals surface area contributed by atoms with E-state index in [4.69, 9.17) is 21.1 Å². The van der Waals surface area contributed by atoms with Gasteiger partial charge in [-0.3, -0.25) is 0 Å². The molecule has 0 spiro atoms. The average Bonchev–Trinajstić information content (AvgIpc) is 2.61. The summed E-state index contributed by atoms with van der Waals surface area (Å²) in [5.41, 5.74) is 1.79. The van der Waals surface area contributed by atoms with Crippen molar-refractivity contribution < 1.29 is 31.8 Å². The number of aliphatic hydroxyl groups is 1. The lowest BCUT2D eigenvalue weighted by atomic mass is 10.1. The van der Waals surface area contributed by atoms with Crippen molar-refractivity contribution in [2.75, 3.05) is 13.2 Å². The molecule has 0 amide bonds. The molecule has 3 rings (SSSR count). The molecule has 0 atom stereocenters. The van der Waals surface area contributed by atoms with Gasteiger partial charge in [0.25, 0.3) is 0 Å². The van der Waals surface area contributed by atoms with Gasteiger partial charge in [-0.15, -0.1) is 0 Å². The van der Waals surface area contributed by atoms with Crippen LogP contribution in [0.4, 0.5) is 17.3 Å². The number of aliphatic hydroxyl groups excluding tert-OH is 1. The highest BCUT2D eigenvalue weighted by Gasteiger charge is 2.20.